The molecule has 0 bridgehead atoms. The van der Waals surface area contributed by atoms with Gasteiger partial charge in [0, 0.05) is 50.1 Å². The van der Waals surface area contributed by atoms with Gasteiger partial charge in [-0.25, -0.2) is 0 Å². The number of rotatable bonds is 7. The number of nitrogens with zero attached hydrogens (tertiary/aromatic N) is 1. The number of benzene rings is 1. The molecule has 22 heavy (non-hydrogen) atoms. The molecule has 0 radical (unpaired) electrons. The topological polar surface area (TPSA) is 75.4 Å². The Morgan fingerprint density at radius 2 is 1.68 bits per heavy atom. The lowest BCUT2D eigenvalue weighted by molar-refractivity contribution is 0.198. The average molecular weight is 303 g/mol. The summed E-state index contributed by atoms with van der Waals surface area (Å²) in [6.45, 7) is 1.23. The van der Waals surface area contributed by atoms with Gasteiger partial charge in [-0.2, -0.15) is 0 Å². The van der Waals surface area contributed by atoms with E-state index in [2.05, 4.69) is 0 Å². The van der Waals surface area contributed by atoms with E-state index in [0.29, 0.717) is 13.2 Å². The highest BCUT2D eigenvalue weighted by atomic mass is 16.5. The van der Waals surface area contributed by atoms with E-state index in [9.17, 15) is 0 Å². The zero-order chi connectivity index (χ0) is 16.1. The maximum atomic E-state index is 6.46. The minimum Gasteiger partial charge on any atom is -0.398 e. The van der Waals surface area contributed by atoms with E-state index in [4.69, 9.17) is 20.9 Å². The monoisotopic (exact) mass is 303 g/mol. The van der Waals surface area contributed by atoms with Crippen molar-refractivity contribution in [2.24, 2.45) is 7.05 Å². The molecule has 0 fully saturated rings. The van der Waals surface area contributed by atoms with Crippen molar-refractivity contribution in [2.45, 2.75) is 12.8 Å². The first-order valence-electron chi connectivity index (χ1n) is 7.39. The third-order valence-electron chi connectivity index (χ3n) is 3.96. The largest absolute Gasteiger partial charge is 0.398 e. The molecule has 0 saturated carbocycles. The quantitative estimate of drug-likeness (QED) is 0.769. The predicted molar refractivity (Wildman–Crippen MR) is 90.8 cm³/mol. The van der Waals surface area contributed by atoms with Crippen LogP contribution in [0.4, 0.5) is 11.4 Å². The summed E-state index contributed by atoms with van der Waals surface area (Å²) in [5, 5.41) is 0. The third-order valence-corrected chi connectivity index (χ3v) is 3.96. The van der Waals surface area contributed by atoms with Gasteiger partial charge in [-0.1, -0.05) is 0 Å². The smallest absolute Gasteiger partial charge is 0.0503 e. The molecule has 2 rings (SSSR count). The summed E-state index contributed by atoms with van der Waals surface area (Å²) in [7, 11) is 5.38. The fraction of sp³-hybridized carbons (Fsp3) is 0.412. The van der Waals surface area contributed by atoms with Crippen LogP contribution in [0.15, 0.2) is 24.4 Å². The normalized spacial score (nSPS) is 11.0. The van der Waals surface area contributed by atoms with E-state index >= 15 is 0 Å². The second-order valence-electron chi connectivity index (χ2n) is 5.37. The number of anilines is 2. The summed E-state index contributed by atoms with van der Waals surface area (Å²) in [5.41, 5.74) is 18.4. The Morgan fingerprint density at radius 1 is 1.05 bits per heavy atom. The van der Waals surface area contributed by atoms with Crippen molar-refractivity contribution in [3.05, 3.63) is 35.5 Å². The first kappa shape index (κ1) is 16.4. The van der Waals surface area contributed by atoms with Crippen LogP contribution in [0, 0.1) is 0 Å². The number of aromatic nitrogens is 1. The first-order valence-corrected chi connectivity index (χ1v) is 7.39. The molecule has 120 valence electrons. The second kappa shape index (κ2) is 7.33. The molecule has 4 N–H and O–H groups in total. The standard InChI is InChI=1S/C17H25N3O2/c1-20-8-4-5-16(20)14-11-15(18)12(6-9-21-2)13(17(14)19)7-10-22-3/h4-5,8,11H,6-7,9-10,18-19H2,1-3H3. The molecule has 0 aliphatic rings. The Bertz CT molecular complexity index is 635. The van der Waals surface area contributed by atoms with Gasteiger partial charge in [0.15, 0.2) is 0 Å². The molecular weight excluding hydrogens is 278 g/mol. The van der Waals surface area contributed by atoms with Crippen molar-refractivity contribution >= 4 is 11.4 Å². The van der Waals surface area contributed by atoms with Crippen molar-refractivity contribution in [1.29, 1.82) is 0 Å². The van der Waals surface area contributed by atoms with Crippen LogP contribution in [0.1, 0.15) is 11.1 Å². The van der Waals surface area contributed by atoms with Crippen molar-refractivity contribution in [2.75, 3.05) is 38.9 Å². The van der Waals surface area contributed by atoms with E-state index in [1.54, 1.807) is 14.2 Å². The van der Waals surface area contributed by atoms with Gasteiger partial charge in [-0.3, -0.25) is 0 Å². The van der Waals surface area contributed by atoms with E-state index in [-0.39, 0.29) is 0 Å². The number of hydrogen-bond acceptors (Lipinski definition) is 4. The Labute approximate surface area is 131 Å². The molecule has 1 heterocycles. The molecule has 0 aliphatic carbocycles. The van der Waals surface area contributed by atoms with Crippen LogP contribution in [0.3, 0.4) is 0 Å². The van der Waals surface area contributed by atoms with Crippen molar-refractivity contribution in [3.8, 4) is 11.3 Å². The lowest BCUT2D eigenvalue weighted by atomic mass is 9.93. The van der Waals surface area contributed by atoms with Crippen LogP contribution in [-0.4, -0.2) is 32.0 Å². The maximum absolute atomic E-state index is 6.46. The first-order chi connectivity index (χ1) is 10.6. The summed E-state index contributed by atoms with van der Waals surface area (Å²) in [6, 6.07) is 6.00. The van der Waals surface area contributed by atoms with Crippen molar-refractivity contribution in [3.63, 3.8) is 0 Å². The third kappa shape index (κ3) is 3.26. The van der Waals surface area contributed by atoms with Gasteiger partial charge in [-0.05, 0) is 42.2 Å². The minimum absolute atomic E-state index is 0.611. The molecule has 0 spiro atoms. The van der Waals surface area contributed by atoms with Gasteiger partial charge in [-0.15, -0.1) is 0 Å². The number of aryl methyl sites for hydroxylation is 1. The number of ether oxygens (including phenoxy) is 2. The fourth-order valence-electron chi connectivity index (χ4n) is 2.76. The van der Waals surface area contributed by atoms with Crippen molar-refractivity contribution < 1.29 is 9.47 Å². The van der Waals surface area contributed by atoms with Gasteiger partial charge in [0.05, 0.1) is 13.2 Å². The van der Waals surface area contributed by atoms with Crippen LogP contribution in [0.25, 0.3) is 11.3 Å². The number of methoxy groups -OCH3 is 2. The Hall–Kier alpha value is -1.98. The lowest BCUT2D eigenvalue weighted by Crippen LogP contribution is -2.11. The highest BCUT2D eigenvalue weighted by Gasteiger charge is 2.17. The number of hydrogen-bond donors (Lipinski definition) is 2. The van der Waals surface area contributed by atoms with E-state index in [1.165, 1.54) is 0 Å². The predicted octanol–water partition coefficient (Wildman–Crippen LogP) is 2.23. The van der Waals surface area contributed by atoms with Gasteiger partial charge in [0.2, 0.25) is 0 Å². The van der Waals surface area contributed by atoms with Crippen LogP contribution in [0.2, 0.25) is 0 Å². The fourth-order valence-corrected chi connectivity index (χ4v) is 2.76. The highest BCUT2D eigenvalue weighted by Crippen LogP contribution is 2.35. The SMILES string of the molecule is COCCc1c(N)cc(-c2cccn2C)c(N)c1CCOC. The molecule has 0 amide bonds. The average Bonchev–Trinajstić information content (AvgIpc) is 2.92. The summed E-state index contributed by atoms with van der Waals surface area (Å²) >= 11 is 0. The maximum Gasteiger partial charge on any atom is 0.0503 e. The van der Waals surface area contributed by atoms with E-state index in [1.807, 2.05) is 36.0 Å². The summed E-state index contributed by atoms with van der Waals surface area (Å²) < 4.78 is 12.5. The summed E-state index contributed by atoms with van der Waals surface area (Å²) in [6.07, 6.45) is 3.49. The molecule has 2 aromatic rings. The molecule has 0 unspecified atom stereocenters. The minimum atomic E-state index is 0.611. The molecule has 0 atom stereocenters. The molecule has 1 aromatic heterocycles. The number of nitrogens with two attached hydrogens (primary N) is 2. The Kier molecular flexibility index (Phi) is 5.46. The van der Waals surface area contributed by atoms with Crippen LogP contribution >= 0.6 is 0 Å². The van der Waals surface area contributed by atoms with Gasteiger partial charge < -0.3 is 25.5 Å². The number of nitrogen functional groups attached to an aromatic ring is 2. The molecule has 1 aromatic carbocycles. The zero-order valence-electron chi connectivity index (χ0n) is 13.6. The van der Waals surface area contributed by atoms with Crippen LogP contribution in [-0.2, 0) is 29.4 Å². The molecular formula is C17H25N3O2. The molecule has 5 nitrogen and oxygen atoms in total. The molecule has 0 aliphatic heterocycles. The Morgan fingerprint density at radius 3 is 2.23 bits per heavy atom. The van der Waals surface area contributed by atoms with Gasteiger partial charge in [0.1, 0.15) is 0 Å². The second-order valence-corrected chi connectivity index (χ2v) is 5.37. The highest BCUT2D eigenvalue weighted by molar-refractivity contribution is 5.82. The van der Waals surface area contributed by atoms with Gasteiger partial charge >= 0.3 is 0 Å². The van der Waals surface area contributed by atoms with Crippen LogP contribution < -0.4 is 11.5 Å². The zero-order valence-corrected chi connectivity index (χ0v) is 13.6. The van der Waals surface area contributed by atoms with Crippen molar-refractivity contribution in [1.82, 2.24) is 4.57 Å². The summed E-state index contributed by atoms with van der Waals surface area (Å²) in [4.78, 5) is 0. The van der Waals surface area contributed by atoms with Crippen LogP contribution in [0.5, 0.6) is 0 Å². The van der Waals surface area contributed by atoms with E-state index in [0.717, 1.165) is 46.6 Å². The molecule has 0 saturated heterocycles. The summed E-state index contributed by atoms with van der Waals surface area (Å²) in [5.74, 6) is 0. The lowest BCUT2D eigenvalue weighted by Gasteiger charge is -2.19. The van der Waals surface area contributed by atoms with E-state index < -0.39 is 0 Å². The molecule has 5 heteroatoms. The van der Waals surface area contributed by atoms with Gasteiger partial charge in [0.25, 0.3) is 0 Å². The Balaban J connectivity index is 2.54.